The van der Waals surface area contributed by atoms with Crippen molar-refractivity contribution < 1.29 is 9.53 Å². The van der Waals surface area contributed by atoms with E-state index in [9.17, 15) is 4.79 Å². The molecule has 6 heteroatoms. The second kappa shape index (κ2) is 7.49. The van der Waals surface area contributed by atoms with Crippen molar-refractivity contribution in [3.63, 3.8) is 0 Å². The van der Waals surface area contributed by atoms with Gasteiger partial charge in [0.05, 0.1) is 6.61 Å². The van der Waals surface area contributed by atoms with Crippen molar-refractivity contribution in [2.24, 2.45) is 5.73 Å². The van der Waals surface area contributed by atoms with Crippen molar-refractivity contribution in [3.05, 3.63) is 35.4 Å². The highest BCUT2D eigenvalue weighted by atomic mass is 35.5. The number of benzene rings is 1. The van der Waals surface area contributed by atoms with Crippen LogP contribution < -0.4 is 5.73 Å². The Labute approximate surface area is 135 Å². The molecule has 2 unspecified atom stereocenters. The van der Waals surface area contributed by atoms with Crippen LogP contribution in [-0.2, 0) is 11.3 Å². The molecule has 1 aromatic rings. The number of hydrogen-bond acceptors (Lipinski definition) is 4. The fourth-order valence-corrected chi connectivity index (χ4v) is 4.19. The van der Waals surface area contributed by atoms with Crippen molar-refractivity contribution in [1.82, 2.24) is 4.90 Å². The van der Waals surface area contributed by atoms with E-state index >= 15 is 0 Å². The SMILES string of the molecule is Cl.NCc1ccc(C(=O)N2CCSC3COCCC32)cc1. The quantitative estimate of drug-likeness (QED) is 0.901. The number of carbonyl (C=O) groups excluding carboxylic acids is 1. The fraction of sp³-hybridized carbons (Fsp3) is 0.533. The summed E-state index contributed by atoms with van der Waals surface area (Å²) in [4.78, 5) is 14.7. The highest BCUT2D eigenvalue weighted by molar-refractivity contribution is 8.00. The summed E-state index contributed by atoms with van der Waals surface area (Å²) in [7, 11) is 0. The van der Waals surface area contributed by atoms with E-state index < -0.39 is 0 Å². The number of fused-ring (bicyclic) bond motifs is 1. The summed E-state index contributed by atoms with van der Waals surface area (Å²) in [5.41, 5.74) is 7.41. The van der Waals surface area contributed by atoms with Gasteiger partial charge in [-0.3, -0.25) is 4.79 Å². The van der Waals surface area contributed by atoms with Crippen LogP contribution in [0.25, 0.3) is 0 Å². The smallest absolute Gasteiger partial charge is 0.254 e. The molecule has 2 fully saturated rings. The van der Waals surface area contributed by atoms with Crippen molar-refractivity contribution in [2.75, 3.05) is 25.5 Å². The van der Waals surface area contributed by atoms with E-state index in [1.807, 2.05) is 40.9 Å². The molecule has 2 aliphatic heterocycles. The van der Waals surface area contributed by atoms with Gasteiger partial charge in [0.2, 0.25) is 0 Å². The lowest BCUT2D eigenvalue weighted by Crippen LogP contribution is -2.54. The first-order valence-corrected chi connectivity index (χ1v) is 8.14. The summed E-state index contributed by atoms with van der Waals surface area (Å²) in [6, 6.07) is 7.98. The third kappa shape index (κ3) is 3.54. The molecular weight excluding hydrogens is 308 g/mol. The fourth-order valence-electron chi connectivity index (χ4n) is 2.89. The Kier molecular flexibility index (Phi) is 5.93. The maximum absolute atomic E-state index is 12.7. The molecule has 0 spiro atoms. The van der Waals surface area contributed by atoms with E-state index in [-0.39, 0.29) is 18.3 Å². The molecule has 2 aliphatic rings. The highest BCUT2D eigenvalue weighted by Crippen LogP contribution is 2.31. The van der Waals surface area contributed by atoms with Gasteiger partial charge in [0, 0.05) is 42.3 Å². The summed E-state index contributed by atoms with van der Waals surface area (Å²) < 4.78 is 5.53. The molecule has 0 saturated carbocycles. The minimum Gasteiger partial charge on any atom is -0.380 e. The Bertz CT molecular complexity index is 481. The second-order valence-electron chi connectivity index (χ2n) is 5.24. The molecule has 2 saturated heterocycles. The molecule has 21 heavy (non-hydrogen) atoms. The number of rotatable bonds is 2. The van der Waals surface area contributed by atoms with Crippen LogP contribution in [0.15, 0.2) is 24.3 Å². The zero-order valence-corrected chi connectivity index (χ0v) is 13.5. The second-order valence-corrected chi connectivity index (χ2v) is 6.59. The number of amides is 1. The molecule has 2 atom stereocenters. The van der Waals surface area contributed by atoms with Crippen molar-refractivity contribution in [3.8, 4) is 0 Å². The summed E-state index contributed by atoms with van der Waals surface area (Å²) in [5.74, 6) is 1.14. The predicted octanol–water partition coefficient (Wildman–Crippen LogP) is 1.91. The first-order chi connectivity index (χ1) is 9.79. The third-order valence-electron chi connectivity index (χ3n) is 4.03. The molecule has 1 amide bonds. The molecule has 2 heterocycles. The van der Waals surface area contributed by atoms with E-state index in [1.165, 1.54) is 0 Å². The van der Waals surface area contributed by atoms with Gasteiger partial charge < -0.3 is 15.4 Å². The molecular formula is C15H21ClN2O2S. The Balaban J connectivity index is 0.00000161. The lowest BCUT2D eigenvalue weighted by Gasteiger charge is -2.43. The summed E-state index contributed by atoms with van der Waals surface area (Å²) in [5, 5.41) is 0.435. The summed E-state index contributed by atoms with van der Waals surface area (Å²) in [6.07, 6.45) is 0.949. The Morgan fingerprint density at radius 3 is 2.86 bits per heavy atom. The van der Waals surface area contributed by atoms with Gasteiger partial charge >= 0.3 is 0 Å². The lowest BCUT2D eigenvalue weighted by molar-refractivity contribution is 0.0319. The number of carbonyl (C=O) groups is 1. The average molecular weight is 329 g/mol. The Morgan fingerprint density at radius 2 is 2.14 bits per heavy atom. The van der Waals surface area contributed by atoms with Crippen LogP contribution in [0.1, 0.15) is 22.3 Å². The van der Waals surface area contributed by atoms with Gasteiger partial charge in [-0.25, -0.2) is 0 Å². The zero-order chi connectivity index (χ0) is 13.9. The molecule has 0 aromatic heterocycles. The van der Waals surface area contributed by atoms with Gasteiger partial charge in [-0.1, -0.05) is 12.1 Å². The zero-order valence-electron chi connectivity index (χ0n) is 11.9. The van der Waals surface area contributed by atoms with Gasteiger partial charge in [-0.2, -0.15) is 11.8 Å². The van der Waals surface area contributed by atoms with Crippen molar-refractivity contribution >= 4 is 30.1 Å². The number of nitrogens with zero attached hydrogens (tertiary/aromatic N) is 1. The number of hydrogen-bond donors (Lipinski definition) is 1. The number of thioether (sulfide) groups is 1. The first kappa shape index (κ1) is 16.6. The maximum atomic E-state index is 12.7. The predicted molar refractivity (Wildman–Crippen MR) is 88.1 cm³/mol. The number of halogens is 1. The molecule has 4 nitrogen and oxygen atoms in total. The molecule has 116 valence electrons. The Morgan fingerprint density at radius 1 is 1.38 bits per heavy atom. The van der Waals surface area contributed by atoms with Gasteiger partial charge in [0.15, 0.2) is 0 Å². The number of ether oxygens (including phenoxy) is 1. The van der Waals surface area contributed by atoms with E-state index in [0.29, 0.717) is 17.8 Å². The van der Waals surface area contributed by atoms with E-state index in [2.05, 4.69) is 0 Å². The van der Waals surface area contributed by atoms with Crippen LogP contribution >= 0.6 is 24.2 Å². The molecule has 1 aromatic carbocycles. The summed E-state index contributed by atoms with van der Waals surface area (Å²) in [6.45, 7) is 2.88. The largest absolute Gasteiger partial charge is 0.380 e. The topological polar surface area (TPSA) is 55.6 Å². The average Bonchev–Trinajstić information content (AvgIpc) is 2.54. The van der Waals surface area contributed by atoms with Crippen LogP contribution in [0.3, 0.4) is 0 Å². The maximum Gasteiger partial charge on any atom is 0.254 e. The van der Waals surface area contributed by atoms with Gasteiger partial charge in [-0.15, -0.1) is 12.4 Å². The van der Waals surface area contributed by atoms with Crippen LogP contribution in [0.4, 0.5) is 0 Å². The van der Waals surface area contributed by atoms with Crippen molar-refractivity contribution in [1.29, 1.82) is 0 Å². The first-order valence-electron chi connectivity index (χ1n) is 7.09. The van der Waals surface area contributed by atoms with Crippen LogP contribution in [0.2, 0.25) is 0 Å². The number of nitrogens with two attached hydrogens (primary N) is 1. The lowest BCUT2D eigenvalue weighted by atomic mass is 10.0. The van der Waals surface area contributed by atoms with Gasteiger partial charge in [-0.05, 0) is 24.1 Å². The normalized spacial score (nSPS) is 24.9. The van der Waals surface area contributed by atoms with Gasteiger partial charge in [0.1, 0.15) is 0 Å². The summed E-state index contributed by atoms with van der Waals surface area (Å²) >= 11 is 1.93. The Hall–Kier alpha value is -0.750. The third-order valence-corrected chi connectivity index (χ3v) is 5.33. The molecule has 3 rings (SSSR count). The highest BCUT2D eigenvalue weighted by Gasteiger charge is 2.37. The van der Waals surface area contributed by atoms with E-state index in [4.69, 9.17) is 10.5 Å². The standard InChI is InChI=1S/C15H20N2O2S.ClH/c16-9-11-1-3-12(4-2-11)15(18)17-6-8-20-14-10-19-7-5-13(14)17;/h1-4,13-14H,5-10,16H2;1H. The van der Waals surface area contributed by atoms with Crippen molar-refractivity contribution in [2.45, 2.75) is 24.3 Å². The minimum absolute atomic E-state index is 0. The molecule has 2 N–H and O–H groups in total. The van der Waals surface area contributed by atoms with Crippen LogP contribution in [-0.4, -0.2) is 47.6 Å². The van der Waals surface area contributed by atoms with Gasteiger partial charge in [0.25, 0.3) is 5.91 Å². The van der Waals surface area contributed by atoms with Crippen LogP contribution in [0.5, 0.6) is 0 Å². The molecule has 0 bridgehead atoms. The molecule has 0 radical (unpaired) electrons. The monoisotopic (exact) mass is 328 g/mol. The van der Waals surface area contributed by atoms with E-state index in [1.54, 1.807) is 0 Å². The van der Waals surface area contributed by atoms with Crippen LogP contribution in [0, 0.1) is 0 Å². The van der Waals surface area contributed by atoms with E-state index in [0.717, 1.165) is 43.1 Å². The molecule has 0 aliphatic carbocycles. The minimum atomic E-state index is 0.